The molecule has 1 radical (unpaired) electrons. The van der Waals surface area contributed by atoms with E-state index < -0.39 is 0 Å². The van der Waals surface area contributed by atoms with E-state index in [1.165, 1.54) is 0 Å². The number of benzene rings is 1. The second-order valence-electron chi connectivity index (χ2n) is 2.62. The van der Waals surface area contributed by atoms with Crippen LogP contribution in [0.3, 0.4) is 0 Å². The summed E-state index contributed by atoms with van der Waals surface area (Å²) in [7, 11) is 0. The quantitative estimate of drug-likeness (QED) is 0.613. The predicted octanol–water partition coefficient (Wildman–Crippen LogP) is 2.18. The average molecular weight is 157 g/mol. The molecule has 0 amide bonds. The number of hydrogen-bond acceptors (Lipinski definition) is 2. The molecule has 1 N–H and O–H groups in total. The molecule has 0 atom stereocenters. The summed E-state index contributed by atoms with van der Waals surface area (Å²) in [5.41, 5.74) is 3.11. The van der Waals surface area contributed by atoms with E-state index in [1.54, 1.807) is 6.20 Å². The van der Waals surface area contributed by atoms with Crippen LogP contribution in [0.5, 0.6) is 0 Å². The summed E-state index contributed by atoms with van der Waals surface area (Å²) < 4.78 is 0. The van der Waals surface area contributed by atoms with E-state index in [4.69, 9.17) is 0 Å². The summed E-state index contributed by atoms with van der Waals surface area (Å²) in [6.07, 6.45) is 5.34. The fourth-order valence-electron chi connectivity index (χ4n) is 1.18. The Hall–Kier alpha value is -1.57. The largest absolute Gasteiger partial charge is 0.360 e. The molecule has 1 aromatic carbocycles. The highest BCUT2D eigenvalue weighted by Crippen LogP contribution is 2.18. The number of nitrogens with one attached hydrogen (secondary N) is 1. The minimum Gasteiger partial charge on any atom is -0.360 e. The smallest absolute Gasteiger partial charge is 0.0472 e. The van der Waals surface area contributed by atoms with Gasteiger partial charge in [-0.3, -0.25) is 4.99 Å². The Morgan fingerprint density at radius 1 is 1.33 bits per heavy atom. The molecule has 0 saturated carbocycles. The van der Waals surface area contributed by atoms with E-state index in [0.29, 0.717) is 0 Å². The minimum atomic E-state index is 0.993. The van der Waals surface area contributed by atoms with Gasteiger partial charge in [-0.2, -0.15) is 0 Å². The molecule has 0 spiro atoms. The molecule has 1 heterocycles. The Morgan fingerprint density at radius 2 is 2.25 bits per heavy atom. The van der Waals surface area contributed by atoms with Crippen molar-refractivity contribution in [2.45, 2.75) is 0 Å². The van der Waals surface area contributed by atoms with Crippen molar-refractivity contribution in [1.82, 2.24) is 0 Å². The zero-order chi connectivity index (χ0) is 8.39. The molecule has 0 aromatic heterocycles. The van der Waals surface area contributed by atoms with Gasteiger partial charge in [0.1, 0.15) is 0 Å². The Morgan fingerprint density at radius 3 is 3.17 bits per heavy atom. The van der Waals surface area contributed by atoms with Crippen molar-refractivity contribution in [3.05, 3.63) is 48.6 Å². The molecule has 0 unspecified atom stereocenters. The van der Waals surface area contributed by atoms with Gasteiger partial charge in [0.05, 0.1) is 0 Å². The fourth-order valence-corrected chi connectivity index (χ4v) is 1.18. The van der Waals surface area contributed by atoms with Crippen LogP contribution in [0.15, 0.2) is 35.6 Å². The lowest BCUT2D eigenvalue weighted by Crippen LogP contribution is -1.93. The predicted molar refractivity (Wildman–Crippen MR) is 51.3 cm³/mol. The first-order chi connectivity index (χ1) is 5.88. The van der Waals surface area contributed by atoms with Crippen molar-refractivity contribution < 1.29 is 0 Å². The van der Waals surface area contributed by atoms with Gasteiger partial charge in [0.2, 0.25) is 0 Å². The topological polar surface area (TPSA) is 24.4 Å². The maximum Gasteiger partial charge on any atom is 0.0472 e. The van der Waals surface area contributed by atoms with Crippen LogP contribution < -0.4 is 5.32 Å². The summed E-state index contributed by atoms with van der Waals surface area (Å²) in [5, 5.41) is 3.12. The Balaban J connectivity index is 2.59. The van der Waals surface area contributed by atoms with Crippen molar-refractivity contribution in [1.29, 1.82) is 0 Å². The van der Waals surface area contributed by atoms with Gasteiger partial charge in [0.25, 0.3) is 0 Å². The molecular formula is C10H9N2. The minimum absolute atomic E-state index is 0.993. The molecular weight excluding hydrogens is 148 g/mol. The van der Waals surface area contributed by atoms with Crippen LogP contribution >= 0.6 is 0 Å². The molecule has 2 heteroatoms. The molecule has 0 aliphatic carbocycles. The normalized spacial score (nSPS) is 13.4. The number of rotatable bonds is 0. The maximum atomic E-state index is 4.06. The lowest BCUT2D eigenvalue weighted by atomic mass is 10.1. The second-order valence-corrected chi connectivity index (χ2v) is 2.62. The number of nitrogens with zero attached hydrogens (tertiary/aromatic N) is 1. The number of anilines is 1. The highest BCUT2D eigenvalue weighted by Gasteiger charge is 2.02. The molecule has 12 heavy (non-hydrogen) atoms. The Kier molecular flexibility index (Phi) is 1.67. The van der Waals surface area contributed by atoms with Gasteiger partial charge in [0.15, 0.2) is 0 Å². The van der Waals surface area contributed by atoms with Crippen molar-refractivity contribution in [3.8, 4) is 0 Å². The summed E-state index contributed by atoms with van der Waals surface area (Å²) in [4.78, 5) is 4.06. The molecule has 0 saturated heterocycles. The van der Waals surface area contributed by atoms with Crippen LogP contribution in [0.2, 0.25) is 0 Å². The van der Waals surface area contributed by atoms with Crippen LogP contribution in [0, 0.1) is 6.92 Å². The van der Waals surface area contributed by atoms with Crippen LogP contribution in [0.25, 0.3) is 0 Å². The highest BCUT2D eigenvalue weighted by molar-refractivity contribution is 5.91. The monoisotopic (exact) mass is 157 g/mol. The van der Waals surface area contributed by atoms with E-state index in [1.807, 2.05) is 30.6 Å². The van der Waals surface area contributed by atoms with Crippen LogP contribution in [-0.2, 0) is 0 Å². The number of hydrogen-bond donors (Lipinski definition) is 1. The van der Waals surface area contributed by atoms with Crippen molar-refractivity contribution in [2.75, 3.05) is 5.32 Å². The molecule has 2 rings (SSSR count). The molecule has 2 nitrogen and oxygen atoms in total. The maximum absolute atomic E-state index is 4.06. The number of aliphatic imine (C=N–C) groups is 1. The molecule has 0 bridgehead atoms. The van der Waals surface area contributed by atoms with Crippen molar-refractivity contribution >= 4 is 11.9 Å². The first kappa shape index (κ1) is 7.10. The fraction of sp³-hybridized carbons (Fsp3) is 0. The van der Waals surface area contributed by atoms with Crippen LogP contribution in [0.4, 0.5) is 5.69 Å². The summed E-state index contributed by atoms with van der Waals surface area (Å²) in [5.74, 6) is 0. The zero-order valence-corrected chi connectivity index (χ0v) is 6.62. The zero-order valence-electron chi connectivity index (χ0n) is 6.62. The van der Waals surface area contributed by atoms with Gasteiger partial charge in [-0.1, -0.05) is 12.1 Å². The number of fused-ring (bicyclic) bond motifs is 1. The van der Waals surface area contributed by atoms with Gasteiger partial charge in [-0.15, -0.1) is 0 Å². The third-order valence-corrected chi connectivity index (χ3v) is 1.80. The van der Waals surface area contributed by atoms with Crippen molar-refractivity contribution in [2.24, 2.45) is 4.99 Å². The van der Waals surface area contributed by atoms with E-state index in [-0.39, 0.29) is 0 Å². The third-order valence-electron chi connectivity index (χ3n) is 1.80. The Bertz CT molecular complexity index is 351. The van der Waals surface area contributed by atoms with E-state index in [2.05, 4.69) is 17.2 Å². The average Bonchev–Trinajstić information content (AvgIpc) is 2.30. The first-order valence-corrected chi connectivity index (χ1v) is 3.77. The van der Waals surface area contributed by atoms with Gasteiger partial charge in [-0.25, -0.2) is 0 Å². The molecule has 0 fully saturated rings. The summed E-state index contributed by atoms with van der Waals surface area (Å²) >= 11 is 0. The van der Waals surface area contributed by atoms with Gasteiger partial charge < -0.3 is 5.32 Å². The van der Waals surface area contributed by atoms with Gasteiger partial charge >= 0.3 is 0 Å². The second kappa shape index (κ2) is 2.81. The van der Waals surface area contributed by atoms with E-state index >= 15 is 0 Å². The van der Waals surface area contributed by atoms with Gasteiger partial charge in [0, 0.05) is 29.9 Å². The van der Waals surface area contributed by atoms with Crippen LogP contribution in [0.1, 0.15) is 11.1 Å². The Labute approximate surface area is 71.6 Å². The van der Waals surface area contributed by atoms with Gasteiger partial charge in [-0.05, 0) is 18.6 Å². The molecule has 1 aromatic rings. The molecule has 1 aliphatic heterocycles. The van der Waals surface area contributed by atoms with Crippen LogP contribution in [-0.4, -0.2) is 6.21 Å². The lowest BCUT2D eigenvalue weighted by molar-refractivity contribution is 1.53. The third kappa shape index (κ3) is 1.11. The molecule has 1 aliphatic rings. The van der Waals surface area contributed by atoms with E-state index in [9.17, 15) is 0 Å². The standard InChI is InChI=1S/C10H9N2/c1-8-3-2-4-10-9(8)7-11-5-6-12-10/h2-7,12H,1H2. The molecule has 59 valence electrons. The SMILES string of the molecule is [CH2]c1cccc2c1C=NC=CN2. The lowest BCUT2D eigenvalue weighted by Gasteiger charge is -2.05. The highest BCUT2D eigenvalue weighted by atomic mass is 14.9. The van der Waals surface area contributed by atoms with Crippen molar-refractivity contribution in [3.63, 3.8) is 0 Å². The summed E-state index contributed by atoms with van der Waals surface area (Å²) in [6, 6.07) is 5.95. The van der Waals surface area contributed by atoms with E-state index in [0.717, 1.165) is 16.8 Å². The first-order valence-electron chi connectivity index (χ1n) is 3.77. The summed E-state index contributed by atoms with van der Waals surface area (Å²) in [6.45, 7) is 3.92.